The normalized spacial score (nSPS) is 31.7. The van der Waals surface area contributed by atoms with Gasteiger partial charge in [-0.2, -0.15) is 18.2 Å². The van der Waals surface area contributed by atoms with Gasteiger partial charge in [-0.25, -0.2) is 4.79 Å². The van der Waals surface area contributed by atoms with Crippen molar-refractivity contribution in [1.29, 1.82) is 0 Å². The maximum absolute atomic E-state index is 12.9. The predicted octanol–water partition coefficient (Wildman–Crippen LogP) is 2.46. The molecule has 2 N–H and O–H groups in total. The van der Waals surface area contributed by atoms with E-state index in [9.17, 15) is 18.0 Å². The lowest BCUT2D eigenvalue weighted by Crippen LogP contribution is -2.57. The second-order valence-electron chi connectivity index (χ2n) is 5.05. The number of hydrogen-bond donors (Lipinski definition) is 1. The van der Waals surface area contributed by atoms with Crippen LogP contribution < -0.4 is 5.73 Å². The Hall–Kier alpha value is -1.53. The van der Waals surface area contributed by atoms with E-state index >= 15 is 0 Å². The number of amidine groups is 1. The molecule has 106 valence electrons. The minimum atomic E-state index is -4.26. The Morgan fingerprint density at radius 1 is 1.58 bits per heavy atom. The van der Waals surface area contributed by atoms with Crippen molar-refractivity contribution in [3.05, 3.63) is 12.7 Å². The average molecular weight is 275 g/mol. The molecule has 1 aliphatic heterocycles. The number of alkyl halides is 3. The molecule has 0 bridgehead atoms. The van der Waals surface area contributed by atoms with Gasteiger partial charge >= 0.3 is 12.2 Å². The molecule has 1 aliphatic carbocycles. The minimum Gasteiger partial charge on any atom is -0.385 e. The standard InChI is InChI=1S/C12H16F3N3O/c1-2-6-18-10(19)17-9(16)11(18)5-3-4-8(7-11)12(13,14)15/h2,8H,1,3-7H2,(H2,16,17,19). The zero-order chi connectivity index (χ0) is 14.3. The summed E-state index contributed by atoms with van der Waals surface area (Å²) in [5, 5.41) is 0. The molecule has 1 spiro atoms. The Kier molecular flexibility index (Phi) is 3.32. The van der Waals surface area contributed by atoms with Gasteiger partial charge in [0.25, 0.3) is 0 Å². The number of nitrogens with two attached hydrogens (primary N) is 1. The Bertz CT molecular complexity index is 432. The lowest BCUT2D eigenvalue weighted by molar-refractivity contribution is -0.188. The van der Waals surface area contributed by atoms with Gasteiger partial charge in [-0.05, 0) is 19.3 Å². The molecule has 0 aromatic carbocycles. The summed E-state index contributed by atoms with van der Waals surface area (Å²) in [7, 11) is 0. The van der Waals surface area contributed by atoms with Crippen LogP contribution in [0.3, 0.4) is 0 Å². The quantitative estimate of drug-likeness (QED) is 0.787. The van der Waals surface area contributed by atoms with Crippen molar-refractivity contribution in [1.82, 2.24) is 4.90 Å². The molecule has 0 aromatic heterocycles. The van der Waals surface area contributed by atoms with Crippen LogP contribution in [-0.4, -0.2) is 35.0 Å². The van der Waals surface area contributed by atoms with Crippen molar-refractivity contribution in [2.75, 3.05) is 6.54 Å². The van der Waals surface area contributed by atoms with Crippen LogP contribution in [0.15, 0.2) is 17.6 Å². The van der Waals surface area contributed by atoms with Crippen molar-refractivity contribution in [3.63, 3.8) is 0 Å². The first-order valence-electron chi connectivity index (χ1n) is 6.15. The predicted molar refractivity (Wildman–Crippen MR) is 64.7 cm³/mol. The van der Waals surface area contributed by atoms with Crippen LogP contribution in [0.4, 0.5) is 18.0 Å². The molecular formula is C12H16F3N3O. The Balaban J connectivity index is 2.31. The first-order chi connectivity index (χ1) is 8.81. The van der Waals surface area contributed by atoms with Crippen LogP contribution in [0.1, 0.15) is 25.7 Å². The fourth-order valence-electron chi connectivity index (χ4n) is 2.98. The molecule has 2 rings (SSSR count). The van der Waals surface area contributed by atoms with Gasteiger partial charge in [0.1, 0.15) is 11.4 Å². The van der Waals surface area contributed by atoms with Gasteiger partial charge in [-0.15, -0.1) is 6.58 Å². The largest absolute Gasteiger partial charge is 0.391 e. The molecule has 0 aromatic rings. The van der Waals surface area contributed by atoms with Gasteiger partial charge in [-0.1, -0.05) is 12.5 Å². The van der Waals surface area contributed by atoms with Crippen molar-refractivity contribution in [2.45, 2.75) is 37.4 Å². The minimum absolute atomic E-state index is 0.00769. The van der Waals surface area contributed by atoms with Gasteiger partial charge in [0, 0.05) is 6.54 Å². The number of aliphatic imine (C=N–C) groups is 1. The fraction of sp³-hybridized carbons (Fsp3) is 0.667. The van der Waals surface area contributed by atoms with Gasteiger partial charge in [0.15, 0.2) is 0 Å². The maximum atomic E-state index is 12.9. The zero-order valence-electron chi connectivity index (χ0n) is 10.4. The summed E-state index contributed by atoms with van der Waals surface area (Å²) in [6, 6.07) is -0.569. The van der Waals surface area contributed by atoms with Crippen molar-refractivity contribution < 1.29 is 18.0 Å². The highest BCUT2D eigenvalue weighted by Crippen LogP contribution is 2.46. The highest BCUT2D eigenvalue weighted by atomic mass is 19.4. The van der Waals surface area contributed by atoms with Crippen LogP contribution >= 0.6 is 0 Å². The maximum Gasteiger partial charge on any atom is 0.391 e. The average Bonchev–Trinajstić information content (AvgIpc) is 2.54. The van der Waals surface area contributed by atoms with E-state index in [4.69, 9.17) is 5.73 Å². The van der Waals surface area contributed by atoms with Crippen LogP contribution in [0.25, 0.3) is 0 Å². The molecule has 4 nitrogen and oxygen atoms in total. The van der Waals surface area contributed by atoms with Gasteiger partial charge < -0.3 is 10.6 Å². The van der Waals surface area contributed by atoms with E-state index in [0.717, 1.165) is 0 Å². The number of hydrogen-bond acceptors (Lipinski definition) is 2. The molecule has 0 saturated heterocycles. The Morgan fingerprint density at radius 3 is 2.84 bits per heavy atom. The lowest BCUT2D eigenvalue weighted by Gasteiger charge is -2.43. The number of nitrogens with zero attached hydrogens (tertiary/aromatic N) is 2. The summed E-state index contributed by atoms with van der Waals surface area (Å²) in [4.78, 5) is 16.7. The first-order valence-corrected chi connectivity index (χ1v) is 6.15. The first kappa shape index (κ1) is 13.9. The molecule has 7 heteroatoms. The fourth-order valence-corrected chi connectivity index (χ4v) is 2.98. The lowest BCUT2D eigenvalue weighted by atomic mass is 9.74. The van der Waals surface area contributed by atoms with E-state index < -0.39 is 23.7 Å². The van der Waals surface area contributed by atoms with E-state index in [2.05, 4.69) is 11.6 Å². The second-order valence-corrected chi connectivity index (χ2v) is 5.05. The monoisotopic (exact) mass is 275 g/mol. The third-order valence-electron chi connectivity index (χ3n) is 3.94. The third-order valence-corrected chi connectivity index (χ3v) is 3.94. The Morgan fingerprint density at radius 2 is 2.26 bits per heavy atom. The number of rotatable bonds is 2. The van der Waals surface area contributed by atoms with Crippen molar-refractivity contribution >= 4 is 11.9 Å². The summed E-state index contributed by atoms with van der Waals surface area (Å²) in [5.74, 6) is -1.43. The zero-order valence-corrected chi connectivity index (χ0v) is 10.4. The highest BCUT2D eigenvalue weighted by molar-refractivity contribution is 6.06. The number of carbonyl (C=O) groups is 1. The number of carbonyl (C=O) groups excluding carboxylic acids is 1. The molecule has 2 amide bonds. The van der Waals surface area contributed by atoms with Gasteiger partial charge in [-0.3, -0.25) is 0 Å². The van der Waals surface area contributed by atoms with Crippen molar-refractivity contribution in [2.24, 2.45) is 16.6 Å². The van der Waals surface area contributed by atoms with Gasteiger partial charge in [0.2, 0.25) is 0 Å². The summed E-state index contributed by atoms with van der Waals surface area (Å²) >= 11 is 0. The summed E-state index contributed by atoms with van der Waals surface area (Å²) in [6.07, 6.45) is -2.11. The molecule has 1 heterocycles. The van der Waals surface area contributed by atoms with E-state index in [1.807, 2.05) is 0 Å². The van der Waals surface area contributed by atoms with Crippen LogP contribution in [-0.2, 0) is 0 Å². The van der Waals surface area contributed by atoms with Crippen LogP contribution in [0.5, 0.6) is 0 Å². The molecule has 2 atom stereocenters. The second kappa shape index (κ2) is 4.54. The van der Waals surface area contributed by atoms with E-state index in [1.165, 1.54) is 11.0 Å². The van der Waals surface area contributed by atoms with Crippen molar-refractivity contribution in [3.8, 4) is 0 Å². The molecule has 1 saturated carbocycles. The van der Waals surface area contributed by atoms with E-state index in [-0.39, 0.29) is 25.2 Å². The van der Waals surface area contributed by atoms with Crippen LogP contribution in [0, 0.1) is 5.92 Å². The topological polar surface area (TPSA) is 58.7 Å². The SMILES string of the molecule is C=CCN1C(=O)N=C(N)C12CCCC(C(F)(F)F)C2. The number of amides is 2. The van der Waals surface area contributed by atoms with Crippen LogP contribution in [0.2, 0.25) is 0 Å². The molecular weight excluding hydrogens is 259 g/mol. The molecule has 1 fully saturated rings. The molecule has 19 heavy (non-hydrogen) atoms. The number of urea groups is 1. The molecule has 2 unspecified atom stereocenters. The summed E-state index contributed by atoms with van der Waals surface area (Å²) in [5.41, 5.74) is 4.67. The van der Waals surface area contributed by atoms with E-state index in [1.54, 1.807) is 0 Å². The summed E-state index contributed by atoms with van der Waals surface area (Å²) < 4.78 is 38.7. The third kappa shape index (κ3) is 2.21. The van der Waals surface area contributed by atoms with E-state index in [0.29, 0.717) is 12.8 Å². The Labute approximate surface area is 109 Å². The number of halogens is 3. The molecule has 2 aliphatic rings. The smallest absolute Gasteiger partial charge is 0.385 e. The highest BCUT2D eigenvalue weighted by Gasteiger charge is 2.55. The van der Waals surface area contributed by atoms with Gasteiger partial charge in [0.05, 0.1) is 5.92 Å². The summed E-state index contributed by atoms with van der Waals surface area (Å²) in [6.45, 7) is 3.68. The molecule has 0 radical (unpaired) electrons.